The molecule has 0 aliphatic heterocycles. The Morgan fingerprint density at radius 3 is 2.63 bits per heavy atom. The van der Waals surface area contributed by atoms with Gasteiger partial charge < -0.3 is 19.0 Å². The Labute approximate surface area is 178 Å². The van der Waals surface area contributed by atoms with Crippen molar-refractivity contribution in [2.75, 3.05) is 13.2 Å². The van der Waals surface area contributed by atoms with Crippen LogP contribution in [0.25, 0.3) is 11.0 Å². The topological polar surface area (TPSA) is 68.9 Å². The maximum atomic E-state index is 12.0. The molecule has 0 unspecified atom stereocenters. The molecule has 0 aliphatic rings. The van der Waals surface area contributed by atoms with Gasteiger partial charge in [-0.3, -0.25) is 0 Å². The molecule has 0 atom stereocenters. The lowest BCUT2D eigenvalue weighted by molar-refractivity contribution is 0.301. The average molecular weight is 413 g/mol. The van der Waals surface area contributed by atoms with E-state index in [0.29, 0.717) is 36.4 Å². The molecule has 2 aromatic rings. The number of aromatic hydroxyl groups is 1. The number of hydrogen-bond acceptors (Lipinski definition) is 5. The van der Waals surface area contributed by atoms with Crippen LogP contribution in [-0.2, 0) is 0 Å². The lowest BCUT2D eigenvalue weighted by atomic mass is 10.1. The van der Waals surface area contributed by atoms with Crippen LogP contribution in [0.4, 0.5) is 0 Å². The van der Waals surface area contributed by atoms with E-state index in [1.807, 2.05) is 18.2 Å². The van der Waals surface area contributed by atoms with Crippen molar-refractivity contribution in [1.29, 1.82) is 0 Å². The van der Waals surface area contributed by atoms with Gasteiger partial charge in [0.1, 0.15) is 17.9 Å². The quantitative estimate of drug-likeness (QED) is 0.266. The van der Waals surface area contributed by atoms with Gasteiger partial charge in [0.25, 0.3) is 0 Å². The summed E-state index contributed by atoms with van der Waals surface area (Å²) in [5.74, 6) is 0.222. The minimum atomic E-state index is -0.825. The first kappa shape index (κ1) is 23.3. The van der Waals surface area contributed by atoms with Crippen molar-refractivity contribution in [2.45, 2.75) is 53.4 Å². The number of rotatable bonds is 11. The highest BCUT2D eigenvalue weighted by atomic mass is 16.5. The second-order valence-corrected chi connectivity index (χ2v) is 7.42. The SMILES string of the molecule is CCC=CCCOc1c(O)c(=O)oc2cc(OCC=C(C)CCC=C(C)C)ccc12. The number of ether oxygens (including phenoxy) is 2. The predicted octanol–water partition coefficient (Wildman–Crippen LogP) is 6.31. The zero-order valence-electron chi connectivity index (χ0n) is 18.4. The van der Waals surface area contributed by atoms with E-state index in [1.165, 1.54) is 11.1 Å². The molecule has 0 aliphatic carbocycles. The van der Waals surface area contributed by atoms with E-state index in [0.717, 1.165) is 19.3 Å². The number of fused-ring (bicyclic) bond motifs is 1. The summed E-state index contributed by atoms with van der Waals surface area (Å²) in [7, 11) is 0. The van der Waals surface area contributed by atoms with Crippen LogP contribution in [0.5, 0.6) is 17.2 Å². The maximum absolute atomic E-state index is 12.0. The smallest absolute Gasteiger partial charge is 0.382 e. The van der Waals surface area contributed by atoms with E-state index in [9.17, 15) is 9.90 Å². The van der Waals surface area contributed by atoms with Crippen molar-refractivity contribution in [1.82, 2.24) is 0 Å². The third kappa shape index (κ3) is 7.14. The van der Waals surface area contributed by atoms with Crippen molar-refractivity contribution in [2.24, 2.45) is 0 Å². The molecular formula is C25H32O5. The highest BCUT2D eigenvalue weighted by Crippen LogP contribution is 2.33. The Kier molecular flexibility index (Phi) is 9.26. The standard InChI is InChI=1S/C25H32O5/c1-5-6-7-8-15-29-24-21-13-12-20(17-22(21)30-25(27)23(24)26)28-16-14-19(4)11-9-10-18(2)3/h6-7,10,12-14,17,26H,5,8-9,11,15-16H2,1-4H3. The van der Waals surface area contributed by atoms with Crippen molar-refractivity contribution in [3.8, 4) is 17.2 Å². The summed E-state index contributed by atoms with van der Waals surface area (Å²) < 4.78 is 16.7. The Bertz CT molecular complexity index is 975. The second-order valence-electron chi connectivity index (χ2n) is 7.42. The van der Waals surface area contributed by atoms with E-state index in [-0.39, 0.29) is 5.75 Å². The van der Waals surface area contributed by atoms with Crippen LogP contribution in [0.1, 0.15) is 53.4 Å². The first-order valence-electron chi connectivity index (χ1n) is 10.4. The Hall–Kier alpha value is -2.95. The van der Waals surface area contributed by atoms with Gasteiger partial charge in [0.05, 0.1) is 12.0 Å². The molecule has 162 valence electrons. The van der Waals surface area contributed by atoms with Gasteiger partial charge in [-0.25, -0.2) is 4.79 Å². The fraction of sp³-hybridized carbons (Fsp3) is 0.400. The maximum Gasteiger partial charge on any atom is 0.382 e. The third-order valence-corrected chi connectivity index (χ3v) is 4.52. The largest absolute Gasteiger partial charge is 0.499 e. The lowest BCUT2D eigenvalue weighted by Crippen LogP contribution is -2.04. The molecule has 0 radical (unpaired) electrons. The zero-order chi connectivity index (χ0) is 21.9. The summed E-state index contributed by atoms with van der Waals surface area (Å²) in [6.07, 6.45) is 12.0. The molecule has 0 bridgehead atoms. The van der Waals surface area contributed by atoms with Gasteiger partial charge >= 0.3 is 5.63 Å². The Morgan fingerprint density at radius 1 is 1.10 bits per heavy atom. The van der Waals surface area contributed by atoms with Crippen molar-refractivity contribution in [3.63, 3.8) is 0 Å². The fourth-order valence-corrected chi connectivity index (χ4v) is 2.86. The molecule has 0 fully saturated rings. The summed E-state index contributed by atoms with van der Waals surface area (Å²) in [6.45, 7) is 9.13. The predicted molar refractivity (Wildman–Crippen MR) is 122 cm³/mol. The molecule has 1 aromatic carbocycles. The van der Waals surface area contributed by atoms with Crippen molar-refractivity contribution in [3.05, 3.63) is 64.1 Å². The van der Waals surface area contributed by atoms with Crippen molar-refractivity contribution >= 4 is 11.0 Å². The summed E-state index contributed by atoms with van der Waals surface area (Å²) >= 11 is 0. The number of benzene rings is 1. The first-order valence-corrected chi connectivity index (χ1v) is 10.4. The van der Waals surface area contributed by atoms with Crippen LogP contribution in [0.15, 0.2) is 62.9 Å². The van der Waals surface area contributed by atoms with Crippen molar-refractivity contribution < 1.29 is 19.0 Å². The highest BCUT2D eigenvalue weighted by molar-refractivity contribution is 5.86. The van der Waals surface area contributed by atoms with Gasteiger partial charge in [0.15, 0.2) is 5.75 Å². The number of hydrogen-bond donors (Lipinski definition) is 1. The van der Waals surface area contributed by atoms with Gasteiger partial charge in [-0.1, -0.05) is 36.3 Å². The number of allylic oxidation sites excluding steroid dienone is 4. The molecular weight excluding hydrogens is 380 g/mol. The average Bonchev–Trinajstić information content (AvgIpc) is 2.70. The van der Waals surface area contributed by atoms with Gasteiger partial charge in [-0.2, -0.15) is 0 Å². The zero-order valence-corrected chi connectivity index (χ0v) is 18.4. The molecule has 5 heteroatoms. The lowest BCUT2D eigenvalue weighted by Gasteiger charge is -2.10. The summed E-state index contributed by atoms with van der Waals surface area (Å²) in [5, 5.41) is 10.6. The monoisotopic (exact) mass is 412 g/mol. The molecule has 5 nitrogen and oxygen atoms in total. The van der Waals surface area contributed by atoms with Gasteiger partial charge in [-0.05, 0) is 64.7 Å². The Balaban J connectivity index is 2.08. The molecule has 1 aromatic heterocycles. The molecule has 0 saturated heterocycles. The van der Waals surface area contributed by atoms with E-state index in [4.69, 9.17) is 13.9 Å². The summed E-state index contributed by atoms with van der Waals surface area (Å²) in [6, 6.07) is 5.15. The molecule has 1 heterocycles. The molecule has 1 N–H and O–H groups in total. The van der Waals surface area contributed by atoms with Crippen LogP contribution in [0.3, 0.4) is 0 Å². The van der Waals surface area contributed by atoms with Gasteiger partial charge in [0.2, 0.25) is 5.75 Å². The highest BCUT2D eigenvalue weighted by Gasteiger charge is 2.15. The van der Waals surface area contributed by atoms with Crippen LogP contribution in [0, 0.1) is 0 Å². The first-order chi connectivity index (χ1) is 14.4. The molecule has 0 amide bonds. The van der Waals surface area contributed by atoms with Crippen LogP contribution >= 0.6 is 0 Å². The molecule has 0 spiro atoms. The summed E-state index contributed by atoms with van der Waals surface area (Å²) in [4.78, 5) is 12.0. The molecule has 30 heavy (non-hydrogen) atoms. The summed E-state index contributed by atoms with van der Waals surface area (Å²) in [5.41, 5.74) is 2.08. The normalized spacial score (nSPS) is 11.8. The Morgan fingerprint density at radius 2 is 1.90 bits per heavy atom. The molecule has 2 rings (SSSR count). The van der Waals surface area contributed by atoms with Crippen LogP contribution < -0.4 is 15.1 Å². The minimum absolute atomic E-state index is 0.146. The fourth-order valence-electron chi connectivity index (χ4n) is 2.86. The van der Waals surface area contributed by atoms with Gasteiger partial charge in [0, 0.05) is 6.07 Å². The van der Waals surface area contributed by atoms with Crippen LogP contribution in [0.2, 0.25) is 0 Å². The minimum Gasteiger partial charge on any atom is -0.499 e. The third-order valence-electron chi connectivity index (χ3n) is 4.52. The van der Waals surface area contributed by atoms with E-state index < -0.39 is 11.4 Å². The van der Waals surface area contributed by atoms with E-state index in [2.05, 4.69) is 33.8 Å². The molecule has 0 saturated carbocycles. The van der Waals surface area contributed by atoms with E-state index >= 15 is 0 Å². The van der Waals surface area contributed by atoms with E-state index in [1.54, 1.807) is 18.2 Å². The second kappa shape index (κ2) is 11.9. The van der Waals surface area contributed by atoms with Crippen LogP contribution in [-0.4, -0.2) is 18.3 Å². The van der Waals surface area contributed by atoms with Gasteiger partial charge in [-0.15, -0.1) is 0 Å².